The van der Waals surface area contributed by atoms with Crippen LogP contribution in [0.5, 0.6) is 5.75 Å². The van der Waals surface area contributed by atoms with E-state index >= 15 is 0 Å². The van der Waals surface area contributed by atoms with Gasteiger partial charge in [0.05, 0.1) is 17.2 Å². The van der Waals surface area contributed by atoms with Crippen molar-refractivity contribution in [3.05, 3.63) is 28.2 Å². The van der Waals surface area contributed by atoms with Crippen LogP contribution >= 0.6 is 15.9 Å². The molecule has 0 unspecified atom stereocenters. The van der Waals surface area contributed by atoms with Gasteiger partial charge >= 0.3 is 0 Å². The molecular formula is C17H26BrNO2. The Morgan fingerprint density at radius 1 is 1.19 bits per heavy atom. The monoisotopic (exact) mass is 355 g/mol. The van der Waals surface area contributed by atoms with Crippen LogP contribution in [0.1, 0.15) is 44.1 Å². The summed E-state index contributed by atoms with van der Waals surface area (Å²) in [5.41, 5.74) is 1.21. The Labute approximate surface area is 136 Å². The molecule has 2 rings (SSSR count). The normalized spacial score (nSPS) is 16.7. The van der Waals surface area contributed by atoms with E-state index in [0.717, 1.165) is 29.9 Å². The maximum Gasteiger partial charge on any atom is 0.138 e. The van der Waals surface area contributed by atoms with Crippen molar-refractivity contribution in [3.63, 3.8) is 0 Å². The van der Waals surface area contributed by atoms with Gasteiger partial charge in [-0.25, -0.2) is 0 Å². The van der Waals surface area contributed by atoms with E-state index in [-0.39, 0.29) is 0 Å². The topological polar surface area (TPSA) is 30.5 Å². The fourth-order valence-corrected chi connectivity index (χ4v) is 3.25. The van der Waals surface area contributed by atoms with Gasteiger partial charge in [0.1, 0.15) is 5.75 Å². The predicted molar refractivity (Wildman–Crippen MR) is 89.8 cm³/mol. The smallest absolute Gasteiger partial charge is 0.138 e. The predicted octanol–water partition coefficient (Wildman–Crippen LogP) is 4.29. The Morgan fingerprint density at radius 2 is 1.95 bits per heavy atom. The summed E-state index contributed by atoms with van der Waals surface area (Å²) >= 11 is 3.64. The largest absolute Gasteiger partial charge is 0.489 e. The van der Waals surface area contributed by atoms with Crippen molar-refractivity contribution >= 4 is 15.9 Å². The molecule has 0 spiro atoms. The van der Waals surface area contributed by atoms with Crippen molar-refractivity contribution < 1.29 is 9.47 Å². The summed E-state index contributed by atoms with van der Waals surface area (Å²) in [4.78, 5) is 0. The van der Waals surface area contributed by atoms with Crippen LogP contribution in [0.3, 0.4) is 0 Å². The standard InChI is InChI=1S/C17H26BrNO2/c1-20-12-11-19-13-14-7-6-10-16(18)17(14)21-15-8-4-2-3-5-9-15/h6-7,10,15,19H,2-5,8-9,11-13H2,1H3. The third-order valence-corrected chi connectivity index (χ3v) is 4.56. The average molecular weight is 356 g/mol. The first kappa shape index (κ1) is 16.8. The molecule has 21 heavy (non-hydrogen) atoms. The summed E-state index contributed by atoms with van der Waals surface area (Å²) < 4.78 is 12.5. The highest BCUT2D eigenvalue weighted by Gasteiger charge is 2.17. The van der Waals surface area contributed by atoms with Crippen LogP contribution in [0.4, 0.5) is 0 Å². The lowest BCUT2D eigenvalue weighted by Crippen LogP contribution is -2.21. The van der Waals surface area contributed by atoms with E-state index in [9.17, 15) is 0 Å². The van der Waals surface area contributed by atoms with Crippen molar-refractivity contribution in [2.45, 2.75) is 51.2 Å². The number of rotatable bonds is 7. The second-order valence-electron chi connectivity index (χ2n) is 5.63. The summed E-state index contributed by atoms with van der Waals surface area (Å²) in [6.45, 7) is 2.39. The molecule has 0 heterocycles. The summed E-state index contributed by atoms with van der Waals surface area (Å²) in [7, 11) is 1.72. The second-order valence-corrected chi connectivity index (χ2v) is 6.48. The third-order valence-electron chi connectivity index (χ3n) is 3.93. The molecule has 1 aliphatic rings. The molecule has 1 saturated carbocycles. The maximum absolute atomic E-state index is 6.34. The molecule has 4 heteroatoms. The summed E-state index contributed by atoms with van der Waals surface area (Å²) in [5.74, 6) is 1.01. The minimum absolute atomic E-state index is 0.365. The van der Waals surface area contributed by atoms with Crippen LogP contribution in [-0.4, -0.2) is 26.4 Å². The van der Waals surface area contributed by atoms with E-state index in [4.69, 9.17) is 9.47 Å². The lowest BCUT2D eigenvalue weighted by Gasteiger charge is -2.21. The van der Waals surface area contributed by atoms with Crippen LogP contribution in [0, 0.1) is 0 Å². The molecule has 0 saturated heterocycles. The zero-order valence-corrected chi connectivity index (χ0v) is 14.5. The molecule has 1 aromatic rings. The summed E-state index contributed by atoms with van der Waals surface area (Å²) in [6, 6.07) is 6.26. The molecule has 0 bridgehead atoms. The van der Waals surface area contributed by atoms with Crippen molar-refractivity contribution in [3.8, 4) is 5.75 Å². The Morgan fingerprint density at radius 3 is 2.67 bits per heavy atom. The van der Waals surface area contributed by atoms with Gasteiger partial charge < -0.3 is 14.8 Å². The molecule has 1 aromatic carbocycles. The van der Waals surface area contributed by atoms with Crippen molar-refractivity contribution in [1.82, 2.24) is 5.32 Å². The summed E-state index contributed by atoms with van der Waals surface area (Å²) in [5, 5.41) is 3.39. The molecule has 1 aliphatic carbocycles. The zero-order chi connectivity index (χ0) is 14.9. The van der Waals surface area contributed by atoms with Crippen molar-refractivity contribution in [2.75, 3.05) is 20.3 Å². The first-order valence-corrected chi connectivity index (χ1v) is 8.74. The zero-order valence-electron chi connectivity index (χ0n) is 12.9. The highest BCUT2D eigenvalue weighted by atomic mass is 79.9. The number of para-hydroxylation sites is 1. The molecule has 0 aromatic heterocycles. The van der Waals surface area contributed by atoms with E-state index < -0.39 is 0 Å². The highest BCUT2D eigenvalue weighted by molar-refractivity contribution is 9.10. The van der Waals surface area contributed by atoms with E-state index in [0.29, 0.717) is 6.10 Å². The van der Waals surface area contributed by atoms with E-state index in [1.165, 1.54) is 44.1 Å². The van der Waals surface area contributed by atoms with Gasteiger partial charge in [0.25, 0.3) is 0 Å². The molecule has 118 valence electrons. The molecule has 0 aliphatic heterocycles. The lowest BCUT2D eigenvalue weighted by atomic mass is 10.1. The average Bonchev–Trinajstić information content (AvgIpc) is 2.75. The lowest BCUT2D eigenvalue weighted by molar-refractivity contribution is 0.179. The number of halogens is 1. The number of methoxy groups -OCH3 is 1. The number of nitrogens with one attached hydrogen (secondary N) is 1. The first-order chi connectivity index (χ1) is 10.3. The Hall–Kier alpha value is -0.580. The van der Waals surface area contributed by atoms with Crippen molar-refractivity contribution in [2.24, 2.45) is 0 Å². The number of benzene rings is 1. The Kier molecular flexibility index (Phi) is 7.54. The van der Waals surface area contributed by atoms with Crippen LogP contribution in [0.25, 0.3) is 0 Å². The fourth-order valence-electron chi connectivity index (χ4n) is 2.75. The number of ether oxygens (including phenoxy) is 2. The van der Waals surface area contributed by atoms with Gasteiger partial charge in [-0.2, -0.15) is 0 Å². The number of hydrogen-bond donors (Lipinski definition) is 1. The number of hydrogen-bond acceptors (Lipinski definition) is 3. The quantitative estimate of drug-likeness (QED) is 0.584. The van der Waals surface area contributed by atoms with E-state index in [1.807, 2.05) is 0 Å². The van der Waals surface area contributed by atoms with Gasteiger partial charge in [0.15, 0.2) is 0 Å². The van der Waals surface area contributed by atoms with Gasteiger partial charge in [0, 0.05) is 25.8 Å². The molecule has 0 amide bonds. The fraction of sp³-hybridized carbons (Fsp3) is 0.647. The van der Waals surface area contributed by atoms with E-state index in [1.54, 1.807) is 7.11 Å². The molecule has 1 N–H and O–H groups in total. The van der Waals surface area contributed by atoms with Crippen molar-refractivity contribution in [1.29, 1.82) is 0 Å². The molecule has 0 atom stereocenters. The van der Waals surface area contributed by atoms with Gasteiger partial charge in [-0.1, -0.05) is 25.0 Å². The SMILES string of the molecule is COCCNCc1cccc(Br)c1OC1CCCCCC1. The molecule has 1 fully saturated rings. The van der Waals surface area contributed by atoms with E-state index in [2.05, 4.69) is 39.4 Å². The highest BCUT2D eigenvalue weighted by Crippen LogP contribution is 2.32. The van der Waals surface area contributed by atoms with Crippen LogP contribution in [0.15, 0.2) is 22.7 Å². The van der Waals surface area contributed by atoms with Gasteiger partial charge in [-0.05, 0) is 47.7 Å². The van der Waals surface area contributed by atoms with Gasteiger partial charge in [-0.15, -0.1) is 0 Å². The van der Waals surface area contributed by atoms with Gasteiger partial charge in [0.2, 0.25) is 0 Å². The van der Waals surface area contributed by atoms with Crippen LogP contribution < -0.4 is 10.1 Å². The maximum atomic E-state index is 6.34. The van der Waals surface area contributed by atoms with Gasteiger partial charge in [-0.3, -0.25) is 0 Å². The second kappa shape index (κ2) is 9.44. The Balaban J connectivity index is 1.98. The Bertz CT molecular complexity index is 417. The first-order valence-electron chi connectivity index (χ1n) is 7.95. The summed E-state index contributed by atoms with van der Waals surface area (Å²) in [6.07, 6.45) is 8.00. The minimum Gasteiger partial charge on any atom is -0.489 e. The molecule has 0 radical (unpaired) electrons. The third kappa shape index (κ3) is 5.61. The molecular weight excluding hydrogens is 330 g/mol. The van der Waals surface area contributed by atoms with Crippen LogP contribution in [0.2, 0.25) is 0 Å². The van der Waals surface area contributed by atoms with Crippen LogP contribution in [-0.2, 0) is 11.3 Å². The minimum atomic E-state index is 0.365. The molecule has 3 nitrogen and oxygen atoms in total.